The third-order valence-corrected chi connectivity index (χ3v) is 21.1. The highest BCUT2D eigenvalue weighted by atomic mass is 16.3. The Bertz CT molecular complexity index is 3390. The molecule has 17 amide bonds. The molecule has 0 radical (unpaired) electrons. The second kappa shape index (κ2) is 44.0. The molecule has 35 heteroatoms. The van der Waals surface area contributed by atoms with Gasteiger partial charge >= 0.3 is 0 Å². The summed E-state index contributed by atoms with van der Waals surface area (Å²) in [6, 6.07) is -11.9. The largest absolute Gasteiger partial charge is 0.394 e. The van der Waals surface area contributed by atoms with E-state index in [1.807, 2.05) is 27.7 Å². The molecule has 0 aromatic rings. The van der Waals surface area contributed by atoms with E-state index >= 15 is 0 Å². The first-order valence-electron chi connectivity index (χ1n) is 39.9. The van der Waals surface area contributed by atoms with Gasteiger partial charge in [0.2, 0.25) is 100 Å². The molecule has 2 fully saturated rings. The molecule has 14 atom stereocenters. The summed E-state index contributed by atoms with van der Waals surface area (Å²) >= 11 is 0. The van der Waals surface area contributed by atoms with E-state index in [-0.39, 0.29) is 76.5 Å². The molecule has 0 aromatic heterocycles. The average Bonchev–Trinajstić information content (AvgIpc) is 1.74. The van der Waals surface area contributed by atoms with Gasteiger partial charge in [0.25, 0.3) is 0 Å². The number of hydrogen-bond acceptors (Lipinski definition) is 18. The van der Waals surface area contributed by atoms with Gasteiger partial charge in [-0.3, -0.25) is 81.5 Å². The number of nitrogens with one attached hydrogen (secondary N) is 13. The van der Waals surface area contributed by atoms with Gasteiger partial charge in [-0.25, -0.2) is 0 Å². The summed E-state index contributed by atoms with van der Waals surface area (Å²) in [6.45, 7) is 36.5. The van der Waals surface area contributed by atoms with Crippen LogP contribution < -0.4 is 80.6 Å². The number of hydrogen-bond donors (Lipinski definition) is 16. The van der Waals surface area contributed by atoms with Gasteiger partial charge in [0, 0.05) is 32.9 Å². The lowest BCUT2D eigenvalue weighted by Crippen LogP contribution is -2.66. The maximum Gasteiger partial charge on any atom is 0.248 e. The van der Waals surface area contributed by atoms with Crippen LogP contribution in [0.15, 0.2) is 0 Å². The van der Waals surface area contributed by atoms with Crippen LogP contribution in [0, 0.1) is 35.5 Å². The molecule has 0 aromatic carbocycles. The third-order valence-electron chi connectivity index (χ3n) is 21.1. The van der Waals surface area contributed by atoms with Crippen LogP contribution in [0.2, 0.25) is 0 Å². The van der Waals surface area contributed by atoms with E-state index in [0.29, 0.717) is 44.9 Å². The summed E-state index contributed by atoms with van der Waals surface area (Å²) in [4.78, 5) is 238. The van der Waals surface area contributed by atoms with E-state index < -0.39 is 212 Å². The minimum atomic E-state index is -1.73. The summed E-state index contributed by atoms with van der Waals surface area (Å²) in [5, 5.41) is 45.0. The predicted octanol–water partition coefficient (Wildman–Crippen LogP) is 0.141. The second-order valence-corrected chi connectivity index (χ2v) is 34.3. The van der Waals surface area contributed by atoms with Gasteiger partial charge in [0.15, 0.2) is 0 Å². The summed E-state index contributed by atoms with van der Waals surface area (Å²) < 4.78 is 0. The molecule has 2 saturated heterocycles. The summed E-state index contributed by atoms with van der Waals surface area (Å²) in [5.41, 5.74) is 2.41. The van der Waals surface area contributed by atoms with Crippen LogP contribution >= 0.6 is 0 Å². The van der Waals surface area contributed by atoms with Crippen LogP contribution in [-0.2, 0) is 81.5 Å². The molecule has 0 saturated carbocycles. The maximum absolute atomic E-state index is 14.7. The minimum Gasteiger partial charge on any atom is -0.394 e. The van der Waals surface area contributed by atoms with Crippen LogP contribution in [0.5, 0.6) is 0 Å². The lowest BCUT2D eigenvalue weighted by Gasteiger charge is -2.36. The monoisotopic (exact) mass is 1600 g/mol. The van der Waals surface area contributed by atoms with Gasteiger partial charge in [-0.1, -0.05) is 109 Å². The van der Waals surface area contributed by atoms with Gasteiger partial charge in [-0.2, -0.15) is 0 Å². The van der Waals surface area contributed by atoms with E-state index in [9.17, 15) is 86.6 Å². The quantitative estimate of drug-likeness (QED) is 0.0385. The molecular formula is C78H137N17O18. The van der Waals surface area contributed by atoms with Crippen molar-refractivity contribution in [2.75, 3.05) is 19.7 Å². The van der Waals surface area contributed by atoms with Crippen molar-refractivity contribution in [1.82, 2.24) is 78.9 Å². The smallest absolute Gasteiger partial charge is 0.248 e. The first-order valence-corrected chi connectivity index (χ1v) is 39.9. The molecule has 0 aliphatic carbocycles. The number of nitrogens with zero attached hydrogens (tertiary/aromatic N) is 2. The van der Waals surface area contributed by atoms with Crippen molar-refractivity contribution in [1.29, 1.82) is 0 Å². The summed E-state index contributed by atoms with van der Waals surface area (Å²) in [6.07, 6.45) is 1.98. The van der Waals surface area contributed by atoms with Crippen molar-refractivity contribution in [2.24, 2.45) is 47.0 Å². The number of carbonyl (C=O) groups excluding carboxylic acids is 17. The molecule has 0 spiro atoms. The number of primary amides is 2. The van der Waals surface area contributed by atoms with Crippen LogP contribution in [-0.4, -0.2) is 223 Å². The van der Waals surface area contributed by atoms with Gasteiger partial charge in [-0.05, 0) is 156 Å². The first-order chi connectivity index (χ1) is 52.1. The molecule has 35 nitrogen and oxygen atoms in total. The normalized spacial score (nSPS) is 17.9. The predicted molar refractivity (Wildman–Crippen MR) is 422 cm³/mol. The fourth-order valence-corrected chi connectivity index (χ4v) is 13.2. The van der Waals surface area contributed by atoms with Crippen molar-refractivity contribution in [3.05, 3.63) is 0 Å². The lowest BCUT2D eigenvalue weighted by atomic mass is 9.93. The molecule has 18 N–H and O–H groups in total. The van der Waals surface area contributed by atoms with Crippen LogP contribution in [0.4, 0.5) is 0 Å². The zero-order valence-electron chi connectivity index (χ0n) is 71.2. The Labute approximate surface area is 667 Å². The molecule has 113 heavy (non-hydrogen) atoms. The molecule has 0 bridgehead atoms. The molecular weight excluding hydrogens is 1460 g/mol. The highest BCUT2D eigenvalue weighted by molar-refractivity contribution is 6.03. The number of likely N-dealkylation sites (tertiary alicyclic amines) is 2. The Morgan fingerprint density at radius 1 is 0.381 bits per heavy atom. The number of nitrogens with two attached hydrogens (primary N) is 2. The number of aliphatic hydroxyl groups excluding tert-OH is 1. The Morgan fingerprint density at radius 2 is 0.708 bits per heavy atom. The van der Waals surface area contributed by atoms with Crippen molar-refractivity contribution in [3.8, 4) is 0 Å². The van der Waals surface area contributed by atoms with E-state index in [1.165, 1.54) is 86.0 Å². The highest BCUT2D eigenvalue weighted by Gasteiger charge is 2.48. The number of amides is 17. The molecule has 2 rings (SSSR count). The van der Waals surface area contributed by atoms with Crippen LogP contribution in [0.25, 0.3) is 0 Å². The Hall–Kier alpha value is -9.05. The van der Waals surface area contributed by atoms with E-state index in [1.54, 1.807) is 55.4 Å². The van der Waals surface area contributed by atoms with Gasteiger partial charge in [-0.15, -0.1) is 0 Å². The summed E-state index contributed by atoms with van der Waals surface area (Å²) in [7, 11) is 0. The van der Waals surface area contributed by atoms with Gasteiger partial charge < -0.3 is 95.5 Å². The molecule has 2 aliphatic rings. The van der Waals surface area contributed by atoms with Gasteiger partial charge in [0.1, 0.15) is 82.1 Å². The fourth-order valence-electron chi connectivity index (χ4n) is 13.2. The van der Waals surface area contributed by atoms with Crippen LogP contribution in [0.3, 0.4) is 0 Å². The topological polar surface area (TPSA) is 525 Å². The maximum atomic E-state index is 14.7. The zero-order chi connectivity index (χ0) is 86.9. The molecule has 14 unspecified atom stereocenters. The van der Waals surface area contributed by atoms with E-state index in [0.717, 1.165) is 0 Å². The van der Waals surface area contributed by atoms with E-state index in [2.05, 4.69) is 69.1 Å². The summed E-state index contributed by atoms with van der Waals surface area (Å²) in [5.74, 6) is -14.7. The highest BCUT2D eigenvalue weighted by Crippen LogP contribution is 2.27. The van der Waals surface area contributed by atoms with Crippen molar-refractivity contribution >= 4 is 100 Å². The number of rotatable bonds is 46. The number of aliphatic hydroxyl groups is 1. The standard InChI is InChI=1S/C78H137N17O18/c1-24-43(9)56(85-61(101)50(33-35-55(80)99)84-69(109)74(14,15)89-47(13)97)65(105)87-58(45(11)26-3)67(107)92-78(22,23)73(113)95-37-29-31-53(95)64(104)86-57(44(10)25-2)66(106)88-59(46(12)27-4)68(108)91-77(20,21)72(112)94-36-28-30-52(94)63(103)82-51(39-42(7)8)62(102)90-76(18,19)71(111)93-75(16,17)70(110)83-49(32-34-54(79)98)60(100)81-48(40-96)38-41(5)6/h41-46,48-53,56-59,96H,24-40H2,1-23H3,(H2,79,98)(H2,80,99)(H,81,100)(H,82,103)(H,83,110)(H,84,109)(H,85,101)(H,86,104)(H,87,105)(H,88,106)(H,89,97)(H,90,102)(H,91,108)(H,92,107)(H,93,111). The Kier molecular flexibility index (Phi) is 38.9. The zero-order valence-corrected chi connectivity index (χ0v) is 71.2. The van der Waals surface area contributed by atoms with Crippen molar-refractivity contribution < 1.29 is 86.6 Å². The third kappa shape index (κ3) is 30.3. The van der Waals surface area contributed by atoms with Gasteiger partial charge in [0.05, 0.1) is 12.6 Å². The molecule has 2 heterocycles. The van der Waals surface area contributed by atoms with E-state index in [4.69, 9.17) is 11.5 Å². The number of carbonyl (C=O) groups is 17. The first kappa shape index (κ1) is 100. The Morgan fingerprint density at radius 3 is 1.06 bits per heavy atom. The second-order valence-electron chi connectivity index (χ2n) is 34.3. The van der Waals surface area contributed by atoms with Crippen LogP contribution in [0.1, 0.15) is 249 Å². The Balaban J connectivity index is 2.35. The lowest BCUT2D eigenvalue weighted by molar-refractivity contribution is -0.146. The van der Waals surface area contributed by atoms with Crippen molar-refractivity contribution in [2.45, 2.75) is 337 Å². The fraction of sp³-hybridized carbons (Fsp3) is 0.782. The molecule has 2 aliphatic heterocycles. The van der Waals surface area contributed by atoms with Crippen molar-refractivity contribution in [3.63, 3.8) is 0 Å². The minimum absolute atomic E-state index is 0.0811. The average molecular weight is 1600 g/mol. The SMILES string of the molecule is CCC(C)C(NC(=O)C(CCC(N)=O)NC(=O)C(C)(C)NC(C)=O)C(=O)NC(C(=O)NC(C)(C)C(=O)N1CCCC1C(=O)NC(C(=O)NC(C(=O)NC(C)(C)C(=O)N1CCCC1C(=O)NC(CC(C)C)C(=O)NC(C)(C)C(=O)NC(C)(C)C(=O)NC(CCC(N)=O)C(=O)NC(CO)CC(C)C)C(C)CC)C(C)CC)C(C)CC. The molecule has 642 valence electrons.